The van der Waals surface area contributed by atoms with E-state index in [4.69, 9.17) is 17.3 Å². The molecule has 1 amide bonds. The summed E-state index contributed by atoms with van der Waals surface area (Å²) in [7, 11) is 0. The van der Waals surface area contributed by atoms with Gasteiger partial charge in [-0.05, 0) is 37.0 Å². The lowest BCUT2D eigenvalue weighted by molar-refractivity contribution is 0.0901. The van der Waals surface area contributed by atoms with E-state index in [1.54, 1.807) is 12.1 Å². The fraction of sp³-hybridized carbons (Fsp3) is 0.417. The zero-order valence-electron chi connectivity index (χ0n) is 9.32. The number of benzene rings is 1. The molecule has 1 unspecified atom stereocenters. The van der Waals surface area contributed by atoms with Crippen LogP contribution in [0.4, 0.5) is 5.69 Å². The molecule has 1 aliphatic rings. The third-order valence-electron chi connectivity index (χ3n) is 2.88. The van der Waals surface area contributed by atoms with Crippen molar-refractivity contribution in [3.8, 4) is 0 Å². The molecule has 1 aromatic rings. The first-order valence-electron chi connectivity index (χ1n) is 5.59. The van der Waals surface area contributed by atoms with Crippen molar-refractivity contribution in [3.05, 3.63) is 28.8 Å². The average Bonchev–Trinajstić information content (AvgIpc) is 3.09. The standard InChI is InChI=1S/C12H15ClN2O2/c13-10-5-8(14)3-4-9(10)12(17)15-6-11(16)7-1-2-7/h3-5,7,11,16H,1-2,6,14H2,(H,15,17). The number of halogens is 1. The Morgan fingerprint density at radius 3 is 2.88 bits per heavy atom. The number of aliphatic hydroxyl groups excluding tert-OH is 1. The average molecular weight is 255 g/mol. The molecule has 0 bridgehead atoms. The Morgan fingerprint density at radius 2 is 2.29 bits per heavy atom. The molecule has 1 atom stereocenters. The van der Waals surface area contributed by atoms with Crippen molar-refractivity contribution in [2.75, 3.05) is 12.3 Å². The Morgan fingerprint density at radius 1 is 1.59 bits per heavy atom. The van der Waals surface area contributed by atoms with Crippen LogP contribution < -0.4 is 11.1 Å². The molecule has 1 aliphatic carbocycles. The van der Waals surface area contributed by atoms with Gasteiger partial charge in [0, 0.05) is 12.2 Å². The SMILES string of the molecule is Nc1ccc(C(=O)NCC(O)C2CC2)c(Cl)c1. The highest BCUT2D eigenvalue weighted by atomic mass is 35.5. The van der Waals surface area contributed by atoms with Gasteiger partial charge in [-0.1, -0.05) is 11.6 Å². The van der Waals surface area contributed by atoms with Crippen LogP contribution in [0.15, 0.2) is 18.2 Å². The molecule has 92 valence electrons. The van der Waals surface area contributed by atoms with Crippen LogP contribution in [0.25, 0.3) is 0 Å². The zero-order chi connectivity index (χ0) is 12.4. The summed E-state index contributed by atoms with van der Waals surface area (Å²) in [6.07, 6.45) is 1.63. The van der Waals surface area contributed by atoms with E-state index in [1.165, 1.54) is 6.07 Å². The molecule has 0 saturated heterocycles. The van der Waals surface area contributed by atoms with Gasteiger partial charge in [0.25, 0.3) is 5.91 Å². The van der Waals surface area contributed by atoms with Crippen LogP contribution in [0.2, 0.25) is 5.02 Å². The molecule has 0 heterocycles. The topological polar surface area (TPSA) is 75.4 Å². The summed E-state index contributed by atoms with van der Waals surface area (Å²) in [4.78, 5) is 11.8. The summed E-state index contributed by atoms with van der Waals surface area (Å²) in [5.41, 5.74) is 6.44. The summed E-state index contributed by atoms with van der Waals surface area (Å²) < 4.78 is 0. The molecule has 0 radical (unpaired) electrons. The van der Waals surface area contributed by atoms with Crippen LogP contribution in [0.1, 0.15) is 23.2 Å². The second-order valence-electron chi connectivity index (χ2n) is 4.35. The van der Waals surface area contributed by atoms with Crippen molar-refractivity contribution in [2.45, 2.75) is 18.9 Å². The number of hydrogen-bond donors (Lipinski definition) is 3. The Labute approximate surface area is 105 Å². The van der Waals surface area contributed by atoms with E-state index in [1.807, 2.05) is 0 Å². The van der Waals surface area contributed by atoms with Crippen LogP contribution in [-0.4, -0.2) is 23.7 Å². The fourth-order valence-electron chi connectivity index (χ4n) is 1.66. The summed E-state index contributed by atoms with van der Waals surface area (Å²) in [5.74, 6) is 0.0619. The lowest BCUT2D eigenvalue weighted by atomic mass is 10.2. The second kappa shape index (κ2) is 4.94. The van der Waals surface area contributed by atoms with E-state index < -0.39 is 6.10 Å². The lowest BCUT2D eigenvalue weighted by Gasteiger charge is -2.11. The van der Waals surface area contributed by atoms with Gasteiger partial charge in [0.05, 0.1) is 16.7 Å². The largest absolute Gasteiger partial charge is 0.399 e. The molecule has 0 aliphatic heterocycles. The third-order valence-corrected chi connectivity index (χ3v) is 3.19. The Bertz CT molecular complexity index is 433. The lowest BCUT2D eigenvalue weighted by Crippen LogP contribution is -2.33. The monoisotopic (exact) mass is 254 g/mol. The highest BCUT2D eigenvalue weighted by Crippen LogP contribution is 2.32. The van der Waals surface area contributed by atoms with Gasteiger partial charge >= 0.3 is 0 Å². The molecule has 17 heavy (non-hydrogen) atoms. The minimum Gasteiger partial charge on any atom is -0.399 e. The van der Waals surface area contributed by atoms with E-state index in [2.05, 4.69) is 5.32 Å². The maximum Gasteiger partial charge on any atom is 0.252 e. The van der Waals surface area contributed by atoms with E-state index in [9.17, 15) is 9.90 Å². The molecule has 2 rings (SSSR count). The van der Waals surface area contributed by atoms with Crippen LogP contribution in [0, 0.1) is 5.92 Å². The summed E-state index contributed by atoms with van der Waals surface area (Å²) in [6.45, 7) is 0.268. The van der Waals surface area contributed by atoms with Crippen LogP contribution in [0.5, 0.6) is 0 Å². The van der Waals surface area contributed by atoms with Crippen molar-refractivity contribution in [3.63, 3.8) is 0 Å². The van der Waals surface area contributed by atoms with Gasteiger partial charge in [0.2, 0.25) is 0 Å². The minimum atomic E-state index is -0.452. The predicted octanol–water partition coefficient (Wildman–Crippen LogP) is 1.42. The van der Waals surface area contributed by atoms with Crippen molar-refractivity contribution >= 4 is 23.2 Å². The maximum absolute atomic E-state index is 11.8. The normalized spacial score (nSPS) is 16.6. The summed E-state index contributed by atoms with van der Waals surface area (Å²) >= 11 is 5.91. The molecular weight excluding hydrogens is 240 g/mol. The highest BCUT2D eigenvalue weighted by molar-refractivity contribution is 6.34. The number of rotatable bonds is 4. The van der Waals surface area contributed by atoms with Gasteiger partial charge in [-0.25, -0.2) is 0 Å². The van der Waals surface area contributed by atoms with Crippen molar-refractivity contribution in [1.82, 2.24) is 5.32 Å². The number of anilines is 1. The molecule has 4 N–H and O–H groups in total. The number of amides is 1. The molecule has 4 nitrogen and oxygen atoms in total. The second-order valence-corrected chi connectivity index (χ2v) is 4.76. The molecule has 0 aromatic heterocycles. The number of nitrogen functional groups attached to an aromatic ring is 1. The Kier molecular flexibility index (Phi) is 3.54. The molecule has 1 fully saturated rings. The van der Waals surface area contributed by atoms with Gasteiger partial charge in [0.1, 0.15) is 0 Å². The number of carbonyl (C=O) groups is 1. The van der Waals surface area contributed by atoms with Gasteiger partial charge in [-0.15, -0.1) is 0 Å². The Balaban J connectivity index is 1.94. The van der Waals surface area contributed by atoms with Gasteiger partial charge in [-0.3, -0.25) is 4.79 Å². The molecular formula is C12H15ClN2O2. The highest BCUT2D eigenvalue weighted by Gasteiger charge is 2.29. The van der Waals surface area contributed by atoms with E-state index in [-0.39, 0.29) is 12.5 Å². The molecule has 1 saturated carbocycles. The number of carbonyl (C=O) groups excluding carboxylic acids is 1. The molecule has 1 aromatic carbocycles. The van der Waals surface area contributed by atoms with Crippen molar-refractivity contribution in [2.24, 2.45) is 5.92 Å². The van der Waals surface area contributed by atoms with Gasteiger partial charge in [0.15, 0.2) is 0 Å². The Hall–Kier alpha value is -1.26. The van der Waals surface area contributed by atoms with Gasteiger partial charge < -0.3 is 16.2 Å². The van der Waals surface area contributed by atoms with Crippen LogP contribution in [0.3, 0.4) is 0 Å². The van der Waals surface area contributed by atoms with Crippen LogP contribution >= 0.6 is 11.6 Å². The first-order valence-corrected chi connectivity index (χ1v) is 5.97. The minimum absolute atomic E-state index is 0.268. The van der Waals surface area contributed by atoms with Crippen molar-refractivity contribution < 1.29 is 9.90 Å². The number of nitrogens with one attached hydrogen (secondary N) is 1. The number of nitrogens with two attached hydrogens (primary N) is 1. The zero-order valence-corrected chi connectivity index (χ0v) is 10.1. The van der Waals surface area contributed by atoms with Gasteiger partial charge in [-0.2, -0.15) is 0 Å². The van der Waals surface area contributed by atoms with Crippen molar-refractivity contribution in [1.29, 1.82) is 0 Å². The fourth-order valence-corrected chi connectivity index (χ4v) is 1.93. The van der Waals surface area contributed by atoms with E-state index >= 15 is 0 Å². The number of aliphatic hydroxyl groups is 1. The van der Waals surface area contributed by atoms with E-state index in [0.29, 0.717) is 22.2 Å². The first kappa shape index (κ1) is 12.2. The molecule has 0 spiro atoms. The summed E-state index contributed by atoms with van der Waals surface area (Å²) in [5, 5.41) is 12.6. The molecule has 5 heteroatoms. The quantitative estimate of drug-likeness (QED) is 0.712. The van der Waals surface area contributed by atoms with Crippen LogP contribution in [-0.2, 0) is 0 Å². The maximum atomic E-state index is 11.8. The number of hydrogen-bond acceptors (Lipinski definition) is 3. The summed E-state index contributed by atoms with van der Waals surface area (Å²) in [6, 6.07) is 4.74. The smallest absolute Gasteiger partial charge is 0.252 e. The van der Waals surface area contributed by atoms with E-state index in [0.717, 1.165) is 12.8 Å². The first-order chi connectivity index (χ1) is 8.08. The third kappa shape index (κ3) is 3.11. The predicted molar refractivity (Wildman–Crippen MR) is 66.9 cm³/mol.